The zero-order chi connectivity index (χ0) is 17.3. The van der Waals surface area contributed by atoms with Gasteiger partial charge in [0.05, 0.1) is 18.2 Å². The van der Waals surface area contributed by atoms with Crippen molar-refractivity contribution < 1.29 is 13.9 Å². The topological polar surface area (TPSA) is 64.4 Å². The minimum absolute atomic E-state index is 0.0365. The Morgan fingerprint density at radius 1 is 1.20 bits per heavy atom. The maximum Gasteiger partial charge on any atom is 0.226 e. The number of aromatic nitrogens is 1. The highest BCUT2D eigenvalue weighted by molar-refractivity contribution is 5.78. The van der Waals surface area contributed by atoms with E-state index in [-0.39, 0.29) is 12.3 Å². The summed E-state index contributed by atoms with van der Waals surface area (Å²) in [5, 5.41) is 2.92. The van der Waals surface area contributed by atoms with Crippen LogP contribution >= 0.6 is 0 Å². The lowest BCUT2D eigenvalue weighted by Crippen LogP contribution is -2.27. The van der Waals surface area contributed by atoms with Crippen molar-refractivity contribution >= 4 is 5.91 Å². The molecule has 0 saturated heterocycles. The Morgan fingerprint density at radius 2 is 2.00 bits per heavy atom. The van der Waals surface area contributed by atoms with Crippen LogP contribution in [-0.4, -0.2) is 30.1 Å². The van der Waals surface area contributed by atoms with E-state index in [9.17, 15) is 4.79 Å². The summed E-state index contributed by atoms with van der Waals surface area (Å²) in [6.45, 7) is 1.35. The molecule has 1 heterocycles. The number of nitrogens with zero attached hydrogens (tertiary/aromatic N) is 1. The number of carbonyl (C=O) groups is 1. The monoisotopic (exact) mass is 342 g/mol. The summed E-state index contributed by atoms with van der Waals surface area (Å²) < 4.78 is 11.3. The summed E-state index contributed by atoms with van der Waals surface area (Å²) in [6.07, 6.45) is 9.32. The molecule has 1 fully saturated rings. The number of ether oxygens (including phenoxy) is 1. The van der Waals surface area contributed by atoms with Crippen molar-refractivity contribution in [2.45, 2.75) is 51.0 Å². The molecule has 1 saturated carbocycles. The van der Waals surface area contributed by atoms with Crippen LogP contribution in [0.25, 0.3) is 11.5 Å². The van der Waals surface area contributed by atoms with Gasteiger partial charge >= 0.3 is 0 Å². The van der Waals surface area contributed by atoms with Gasteiger partial charge in [-0.05, 0) is 31.4 Å². The second-order valence-corrected chi connectivity index (χ2v) is 6.52. The molecule has 134 valence electrons. The van der Waals surface area contributed by atoms with Crippen molar-refractivity contribution in [2.75, 3.05) is 13.2 Å². The zero-order valence-corrected chi connectivity index (χ0v) is 14.6. The van der Waals surface area contributed by atoms with Crippen molar-refractivity contribution in [3.8, 4) is 11.5 Å². The van der Waals surface area contributed by atoms with E-state index < -0.39 is 0 Å². The molecule has 1 aromatic carbocycles. The van der Waals surface area contributed by atoms with Crippen LogP contribution in [-0.2, 0) is 16.0 Å². The first-order valence-corrected chi connectivity index (χ1v) is 9.19. The number of amides is 1. The smallest absolute Gasteiger partial charge is 0.226 e. The lowest BCUT2D eigenvalue weighted by Gasteiger charge is -2.21. The van der Waals surface area contributed by atoms with Crippen molar-refractivity contribution in [1.29, 1.82) is 0 Å². The Bertz CT molecular complexity index is 648. The van der Waals surface area contributed by atoms with E-state index in [1.54, 1.807) is 6.26 Å². The van der Waals surface area contributed by atoms with Gasteiger partial charge in [-0.25, -0.2) is 4.98 Å². The summed E-state index contributed by atoms with van der Waals surface area (Å²) in [6, 6.07) is 9.67. The molecule has 1 aliphatic carbocycles. The van der Waals surface area contributed by atoms with Crippen LogP contribution in [0.3, 0.4) is 0 Å². The van der Waals surface area contributed by atoms with Crippen molar-refractivity contribution in [2.24, 2.45) is 0 Å². The summed E-state index contributed by atoms with van der Waals surface area (Å²) in [4.78, 5) is 16.4. The first-order chi connectivity index (χ1) is 12.3. The van der Waals surface area contributed by atoms with E-state index in [4.69, 9.17) is 9.15 Å². The second-order valence-electron chi connectivity index (χ2n) is 6.52. The molecule has 2 aromatic rings. The average Bonchev–Trinajstić information content (AvgIpc) is 3.11. The Labute approximate surface area is 148 Å². The van der Waals surface area contributed by atoms with Gasteiger partial charge in [0.2, 0.25) is 11.8 Å². The molecule has 0 radical (unpaired) electrons. The van der Waals surface area contributed by atoms with Gasteiger partial charge in [0, 0.05) is 18.7 Å². The minimum atomic E-state index is -0.0365. The van der Waals surface area contributed by atoms with Crippen LogP contribution in [0.2, 0.25) is 0 Å². The van der Waals surface area contributed by atoms with E-state index >= 15 is 0 Å². The van der Waals surface area contributed by atoms with Crippen molar-refractivity contribution in [3.63, 3.8) is 0 Å². The summed E-state index contributed by atoms with van der Waals surface area (Å²) in [5.74, 6) is 0.509. The molecule has 0 aliphatic heterocycles. The van der Waals surface area contributed by atoms with E-state index in [1.165, 1.54) is 32.1 Å². The third-order valence-corrected chi connectivity index (χ3v) is 4.46. The number of nitrogens with one attached hydrogen (secondary N) is 1. The van der Waals surface area contributed by atoms with Gasteiger partial charge in [-0.3, -0.25) is 4.79 Å². The first kappa shape index (κ1) is 17.7. The number of oxazole rings is 1. The number of hydrogen-bond donors (Lipinski definition) is 1. The molecule has 0 unspecified atom stereocenters. The Hall–Kier alpha value is -2.14. The van der Waals surface area contributed by atoms with Crippen LogP contribution in [0, 0.1) is 0 Å². The van der Waals surface area contributed by atoms with Crippen LogP contribution < -0.4 is 5.32 Å². The van der Waals surface area contributed by atoms with Gasteiger partial charge in [-0.1, -0.05) is 37.5 Å². The largest absolute Gasteiger partial charge is 0.444 e. The predicted molar refractivity (Wildman–Crippen MR) is 96.1 cm³/mol. The highest BCUT2D eigenvalue weighted by atomic mass is 16.5. The molecular formula is C20H26N2O3. The van der Waals surface area contributed by atoms with Crippen LogP contribution in [0.15, 0.2) is 41.0 Å². The number of carbonyl (C=O) groups excluding carboxylic acids is 1. The molecule has 5 heteroatoms. The summed E-state index contributed by atoms with van der Waals surface area (Å²) in [5.41, 5.74) is 1.56. The first-order valence-electron chi connectivity index (χ1n) is 9.19. The molecule has 1 amide bonds. The third kappa shape index (κ3) is 5.71. The van der Waals surface area contributed by atoms with E-state index in [2.05, 4.69) is 10.3 Å². The van der Waals surface area contributed by atoms with Crippen molar-refractivity contribution in [3.05, 3.63) is 42.3 Å². The van der Waals surface area contributed by atoms with Gasteiger partial charge in [-0.15, -0.1) is 0 Å². The van der Waals surface area contributed by atoms with Crippen molar-refractivity contribution in [1.82, 2.24) is 10.3 Å². The molecule has 0 atom stereocenters. The molecule has 3 rings (SSSR count). The van der Waals surface area contributed by atoms with Gasteiger partial charge in [-0.2, -0.15) is 0 Å². The number of rotatable bonds is 8. The highest BCUT2D eigenvalue weighted by Crippen LogP contribution is 2.20. The number of hydrogen-bond acceptors (Lipinski definition) is 4. The minimum Gasteiger partial charge on any atom is -0.444 e. The summed E-state index contributed by atoms with van der Waals surface area (Å²) in [7, 11) is 0. The standard InChI is InChI=1S/C20H26N2O3/c23-19(21-12-7-13-24-18-10-5-2-6-11-18)14-17-15-25-20(22-17)16-8-3-1-4-9-16/h1,3-4,8-9,15,18H,2,5-7,10-14H2,(H,21,23). The van der Waals surface area contributed by atoms with E-state index in [0.717, 1.165) is 12.0 Å². The van der Waals surface area contributed by atoms with Gasteiger partial charge in [0.1, 0.15) is 6.26 Å². The van der Waals surface area contributed by atoms with E-state index in [1.807, 2.05) is 30.3 Å². The molecule has 1 N–H and O–H groups in total. The molecular weight excluding hydrogens is 316 g/mol. The lowest BCUT2D eigenvalue weighted by molar-refractivity contribution is -0.120. The molecule has 25 heavy (non-hydrogen) atoms. The highest BCUT2D eigenvalue weighted by Gasteiger charge is 2.13. The third-order valence-electron chi connectivity index (χ3n) is 4.46. The van der Waals surface area contributed by atoms with Crippen LogP contribution in [0.4, 0.5) is 0 Å². The number of benzene rings is 1. The van der Waals surface area contributed by atoms with E-state index in [0.29, 0.717) is 30.8 Å². The van der Waals surface area contributed by atoms with Crippen LogP contribution in [0.1, 0.15) is 44.2 Å². The molecule has 1 aromatic heterocycles. The maximum absolute atomic E-state index is 12.0. The Balaban J connectivity index is 1.33. The molecule has 5 nitrogen and oxygen atoms in total. The zero-order valence-electron chi connectivity index (χ0n) is 14.6. The van der Waals surface area contributed by atoms with Gasteiger partial charge in [0.15, 0.2) is 0 Å². The normalized spacial score (nSPS) is 15.2. The fourth-order valence-corrected chi connectivity index (χ4v) is 3.11. The second kappa shape index (κ2) is 9.37. The lowest BCUT2D eigenvalue weighted by atomic mass is 9.98. The average molecular weight is 342 g/mol. The Morgan fingerprint density at radius 3 is 2.80 bits per heavy atom. The van der Waals surface area contributed by atoms with Crippen LogP contribution in [0.5, 0.6) is 0 Å². The maximum atomic E-state index is 12.0. The predicted octanol–water partition coefficient (Wildman–Crippen LogP) is 3.74. The van der Waals surface area contributed by atoms with Gasteiger partial charge in [0.25, 0.3) is 0 Å². The van der Waals surface area contributed by atoms with Gasteiger partial charge < -0.3 is 14.5 Å². The fraction of sp³-hybridized carbons (Fsp3) is 0.500. The molecule has 0 bridgehead atoms. The molecule has 1 aliphatic rings. The Kier molecular flexibility index (Phi) is 6.63. The quantitative estimate of drug-likeness (QED) is 0.742. The SMILES string of the molecule is O=C(Cc1coc(-c2ccccc2)n1)NCCCOC1CCCCC1. The fourth-order valence-electron chi connectivity index (χ4n) is 3.11. The molecule has 0 spiro atoms. The summed E-state index contributed by atoms with van der Waals surface area (Å²) >= 11 is 0.